The summed E-state index contributed by atoms with van der Waals surface area (Å²) in [6, 6.07) is 23.4. The summed E-state index contributed by atoms with van der Waals surface area (Å²) in [5, 5.41) is 10.3. The van der Waals surface area contributed by atoms with Gasteiger partial charge in [0.2, 0.25) is 0 Å². The van der Waals surface area contributed by atoms with E-state index in [1.165, 1.54) is 0 Å². The monoisotopic (exact) mass is 399 g/mol. The number of aryl methyl sites for hydroxylation is 1. The van der Waals surface area contributed by atoms with Gasteiger partial charge in [0.05, 0.1) is 16.6 Å². The standard InChI is InChI=1S/C24H18ClN3O/c1-16-5-10-22-23(11-16)28-24(27-22)19(14-26)12-18-3-2-4-21(13-18)29-15-17-6-8-20(25)9-7-17/h2-13H,15H2,1H3,(H,27,28)/b19-12-. The Morgan fingerprint density at radius 2 is 1.97 bits per heavy atom. The lowest BCUT2D eigenvalue weighted by molar-refractivity contribution is 0.306. The number of rotatable bonds is 5. The van der Waals surface area contributed by atoms with Gasteiger partial charge in [-0.2, -0.15) is 5.26 Å². The van der Waals surface area contributed by atoms with Crippen LogP contribution in [0.3, 0.4) is 0 Å². The van der Waals surface area contributed by atoms with Crippen LogP contribution in [0.4, 0.5) is 0 Å². The molecule has 142 valence electrons. The van der Waals surface area contributed by atoms with Crippen molar-refractivity contribution in [3.63, 3.8) is 0 Å². The minimum atomic E-state index is 0.443. The lowest BCUT2D eigenvalue weighted by Crippen LogP contribution is -1.95. The highest BCUT2D eigenvalue weighted by Crippen LogP contribution is 2.22. The Morgan fingerprint density at radius 3 is 2.76 bits per heavy atom. The number of aromatic amines is 1. The van der Waals surface area contributed by atoms with Crippen molar-refractivity contribution in [1.29, 1.82) is 5.26 Å². The van der Waals surface area contributed by atoms with Crippen LogP contribution in [0.5, 0.6) is 5.75 Å². The SMILES string of the molecule is Cc1ccc2nc(/C(C#N)=C\c3cccc(OCc4ccc(Cl)cc4)c3)[nH]c2c1. The normalized spacial score (nSPS) is 11.4. The van der Waals surface area contributed by atoms with E-state index in [2.05, 4.69) is 16.0 Å². The van der Waals surface area contributed by atoms with Gasteiger partial charge in [-0.15, -0.1) is 0 Å². The molecule has 0 bridgehead atoms. The van der Waals surface area contributed by atoms with Crippen molar-refractivity contribution in [1.82, 2.24) is 9.97 Å². The summed E-state index contributed by atoms with van der Waals surface area (Å²) in [4.78, 5) is 7.77. The highest BCUT2D eigenvalue weighted by Gasteiger charge is 2.08. The smallest absolute Gasteiger partial charge is 0.149 e. The Bertz CT molecular complexity index is 1230. The lowest BCUT2D eigenvalue weighted by Gasteiger charge is -2.07. The average Bonchev–Trinajstić information content (AvgIpc) is 3.15. The quantitative estimate of drug-likeness (QED) is 0.408. The van der Waals surface area contributed by atoms with Gasteiger partial charge in [0.1, 0.15) is 24.3 Å². The second-order valence-corrected chi connectivity index (χ2v) is 7.20. The molecule has 0 radical (unpaired) electrons. The van der Waals surface area contributed by atoms with E-state index in [4.69, 9.17) is 16.3 Å². The van der Waals surface area contributed by atoms with Gasteiger partial charge in [0.15, 0.2) is 0 Å². The van der Waals surface area contributed by atoms with Gasteiger partial charge in [-0.3, -0.25) is 0 Å². The molecule has 0 aliphatic heterocycles. The summed E-state index contributed by atoms with van der Waals surface area (Å²) in [5.41, 5.74) is 5.26. The number of allylic oxidation sites excluding steroid dienone is 1. The third-order valence-corrected chi connectivity index (χ3v) is 4.75. The number of ether oxygens (including phenoxy) is 1. The number of H-pyrrole nitrogens is 1. The van der Waals surface area contributed by atoms with Crippen LogP contribution >= 0.6 is 11.6 Å². The van der Waals surface area contributed by atoms with Crippen molar-refractivity contribution in [3.05, 3.63) is 94.3 Å². The fraction of sp³-hybridized carbons (Fsp3) is 0.0833. The van der Waals surface area contributed by atoms with E-state index in [0.717, 1.165) is 33.5 Å². The molecule has 0 saturated heterocycles. The molecule has 4 aromatic rings. The molecule has 4 nitrogen and oxygen atoms in total. The number of imidazole rings is 1. The molecule has 0 spiro atoms. The van der Waals surface area contributed by atoms with Gasteiger partial charge in [-0.25, -0.2) is 4.98 Å². The Morgan fingerprint density at radius 1 is 1.14 bits per heavy atom. The molecule has 0 atom stereocenters. The molecule has 29 heavy (non-hydrogen) atoms. The van der Waals surface area contributed by atoms with Crippen molar-refractivity contribution in [2.75, 3.05) is 0 Å². The topological polar surface area (TPSA) is 61.7 Å². The van der Waals surface area contributed by atoms with Crippen molar-refractivity contribution >= 4 is 34.3 Å². The van der Waals surface area contributed by atoms with E-state index in [1.54, 1.807) is 6.08 Å². The van der Waals surface area contributed by atoms with Crippen molar-refractivity contribution < 1.29 is 4.74 Å². The molecular formula is C24H18ClN3O. The van der Waals surface area contributed by atoms with E-state index in [1.807, 2.05) is 73.7 Å². The van der Waals surface area contributed by atoms with E-state index in [9.17, 15) is 5.26 Å². The zero-order chi connectivity index (χ0) is 20.2. The summed E-state index contributed by atoms with van der Waals surface area (Å²) in [6.07, 6.45) is 1.81. The molecule has 4 rings (SSSR count). The van der Waals surface area contributed by atoms with Crippen LogP contribution in [-0.2, 0) is 6.61 Å². The van der Waals surface area contributed by atoms with Gasteiger partial charge in [-0.05, 0) is 66.1 Å². The highest BCUT2D eigenvalue weighted by atomic mass is 35.5. The van der Waals surface area contributed by atoms with E-state index >= 15 is 0 Å². The molecule has 0 aliphatic rings. The largest absolute Gasteiger partial charge is 0.489 e. The van der Waals surface area contributed by atoms with Crippen molar-refractivity contribution in [3.8, 4) is 11.8 Å². The fourth-order valence-electron chi connectivity index (χ4n) is 3.01. The number of fused-ring (bicyclic) bond motifs is 1. The second-order valence-electron chi connectivity index (χ2n) is 6.76. The Labute approximate surface area is 174 Å². The molecule has 0 unspecified atom stereocenters. The maximum Gasteiger partial charge on any atom is 0.149 e. The van der Waals surface area contributed by atoms with Gasteiger partial charge in [-0.1, -0.05) is 41.9 Å². The van der Waals surface area contributed by atoms with E-state index in [-0.39, 0.29) is 0 Å². The Balaban J connectivity index is 1.56. The molecule has 5 heteroatoms. The van der Waals surface area contributed by atoms with E-state index < -0.39 is 0 Å². The predicted molar refractivity (Wildman–Crippen MR) is 117 cm³/mol. The van der Waals surface area contributed by atoms with Gasteiger partial charge >= 0.3 is 0 Å². The number of benzene rings is 3. The number of nitriles is 1. The van der Waals surface area contributed by atoms with Crippen LogP contribution in [0.15, 0.2) is 66.7 Å². The average molecular weight is 400 g/mol. The van der Waals surface area contributed by atoms with Crippen LogP contribution in [0.1, 0.15) is 22.5 Å². The van der Waals surface area contributed by atoms with E-state index in [0.29, 0.717) is 23.0 Å². The molecule has 0 amide bonds. The molecule has 1 heterocycles. The lowest BCUT2D eigenvalue weighted by atomic mass is 10.1. The first-order valence-electron chi connectivity index (χ1n) is 9.16. The fourth-order valence-corrected chi connectivity index (χ4v) is 3.14. The molecule has 1 N–H and O–H groups in total. The van der Waals surface area contributed by atoms with Crippen LogP contribution in [0, 0.1) is 18.3 Å². The number of hydrogen-bond donors (Lipinski definition) is 1. The van der Waals surface area contributed by atoms with Crippen LogP contribution in [0.25, 0.3) is 22.7 Å². The Hall–Kier alpha value is -3.55. The van der Waals surface area contributed by atoms with Crippen LogP contribution < -0.4 is 4.74 Å². The summed E-state index contributed by atoms with van der Waals surface area (Å²) < 4.78 is 5.88. The van der Waals surface area contributed by atoms with Crippen LogP contribution in [-0.4, -0.2) is 9.97 Å². The van der Waals surface area contributed by atoms with Gasteiger partial charge in [0, 0.05) is 5.02 Å². The molecule has 3 aromatic carbocycles. The minimum Gasteiger partial charge on any atom is -0.489 e. The number of halogens is 1. The van der Waals surface area contributed by atoms with Crippen molar-refractivity contribution in [2.24, 2.45) is 0 Å². The first kappa shape index (κ1) is 18.8. The molecule has 1 aromatic heterocycles. The number of aromatic nitrogens is 2. The summed E-state index contributed by atoms with van der Waals surface area (Å²) in [6.45, 7) is 2.47. The summed E-state index contributed by atoms with van der Waals surface area (Å²) in [5.74, 6) is 1.28. The number of nitrogens with one attached hydrogen (secondary N) is 1. The number of nitrogens with zero attached hydrogens (tertiary/aromatic N) is 2. The second kappa shape index (κ2) is 8.22. The summed E-state index contributed by atoms with van der Waals surface area (Å²) in [7, 11) is 0. The minimum absolute atomic E-state index is 0.443. The van der Waals surface area contributed by atoms with Crippen LogP contribution in [0.2, 0.25) is 5.02 Å². The third kappa shape index (κ3) is 4.48. The van der Waals surface area contributed by atoms with Gasteiger partial charge < -0.3 is 9.72 Å². The highest BCUT2D eigenvalue weighted by molar-refractivity contribution is 6.30. The molecule has 0 saturated carbocycles. The molecule has 0 aliphatic carbocycles. The molecular weight excluding hydrogens is 382 g/mol. The Kier molecular flexibility index (Phi) is 5.33. The third-order valence-electron chi connectivity index (χ3n) is 4.50. The van der Waals surface area contributed by atoms with Crippen molar-refractivity contribution in [2.45, 2.75) is 13.5 Å². The maximum atomic E-state index is 9.64. The molecule has 0 fully saturated rings. The zero-order valence-corrected chi connectivity index (χ0v) is 16.6. The maximum absolute atomic E-state index is 9.64. The first-order chi connectivity index (χ1) is 14.1. The summed E-state index contributed by atoms with van der Waals surface area (Å²) >= 11 is 5.91. The first-order valence-corrected chi connectivity index (χ1v) is 9.54. The number of hydrogen-bond acceptors (Lipinski definition) is 3. The predicted octanol–water partition coefficient (Wildman–Crippen LogP) is 6.17. The zero-order valence-electron chi connectivity index (χ0n) is 15.8. The van der Waals surface area contributed by atoms with Gasteiger partial charge in [0.25, 0.3) is 0 Å².